The predicted octanol–water partition coefficient (Wildman–Crippen LogP) is 4.16. The lowest BCUT2D eigenvalue weighted by Crippen LogP contribution is -2.39. The Morgan fingerprint density at radius 1 is 0.750 bits per heavy atom. The van der Waals surface area contributed by atoms with Crippen LogP contribution in [0.3, 0.4) is 0 Å². The molecule has 0 bridgehead atoms. The molecule has 0 saturated heterocycles. The average Bonchev–Trinajstić information content (AvgIpc) is 3.71. The summed E-state index contributed by atoms with van der Waals surface area (Å²) >= 11 is 0. The molecule has 0 unspecified atom stereocenters. The summed E-state index contributed by atoms with van der Waals surface area (Å²) in [6.45, 7) is 21.4. The quantitative estimate of drug-likeness (QED) is 0.266. The number of aliphatic hydroxyl groups is 1. The minimum absolute atomic E-state index is 0.284. The molecule has 0 aromatic carbocycles. The van der Waals surface area contributed by atoms with Gasteiger partial charge < -0.3 is 14.2 Å². The number of fused-ring (bicyclic) bond motifs is 2. The Morgan fingerprint density at radius 3 is 1.70 bits per heavy atom. The third-order valence-corrected chi connectivity index (χ3v) is 7.25. The molecule has 2 N–H and O–H groups in total. The SMILES string of the molecule is CC.CC.CC.CCn1cnc2c1c(=O)[nH]c(=O)n2C.CCn1cnc2c1c(=O)n(CCCCC(O)(CC)CC)c(=O)n2C. The molecule has 4 heterocycles. The zero-order chi connectivity index (χ0) is 34.2. The minimum Gasteiger partial charge on any atom is -0.390 e. The number of hydrogen-bond acceptors (Lipinski definition) is 7. The topological polar surface area (TPSA) is 155 Å². The lowest BCUT2D eigenvalue weighted by molar-refractivity contribution is 0.0210. The summed E-state index contributed by atoms with van der Waals surface area (Å²) in [6, 6.07) is 0. The van der Waals surface area contributed by atoms with Gasteiger partial charge in [0.2, 0.25) is 0 Å². The molecule has 13 heteroatoms. The number of imidazole rings is 2. The first-order valence-corrected chi connectivity index (χ1v) is 16.0. The van der Waals surface area contributed by atoms with Gasteiger partial charge in [-0.25, -0.2) is 19.6 Å². The highest BCUT2D eigenvalue weighted by atomic mass is 16.3. The maximum atomic E-state index is 12.7. The molecule has 4 aromatic heterocycles. The number of hydrogen-bond donors (Lipinski definition) is 2. The van der Waals surface area contributed by atoms with E-state index in [2.05, 4.69) is 15.0 Å². The van der Waals surface area contributed by atoms with Crippen molar-refractivity contribution in [2.45, 2.75) is 127 Å². The van der Waals surface area contributed by atoms with E-state index in [0.29, 0.717) is 67.6 Å². The van der Waals surface area contributed by atoms with Crippen LogP contribution in [0, 0.1) is 0 Å². The average molecular weight is 621 g/mol. The van der Waals surface area contributed by atoms with Gasteiger partial charge in [-0.2, -0.15) is 0 Å². The van der Waals surface area contributed by atoms with Gasteiger partial charge in [-0.15, -0.1) is 0 Å². The monoisotopic (exact) mass is 620 g/mol. The van der Waals surface area contributed by atoms with Crippen molar-refractivity contribution in [1.82, 2.24) is 37.8 Å². The highest BCUT2D eigenvalue weighted by Crippen LogP contribution is 2.22. The molecule has 0 aliphatic rings. The Bertz CT molecular complexity index is 1650. The van der Waals surface area contributed by atoms with Crippen LogP contribution < -0.4 is 22.5 Å². The molecule has 0 spiro atoms. The lowest BCUT2D eigenvalue weighted by atomic mass is 9.91. The minimum atomic E-state index is -0.638. The van der Waals surface area contributed by atoms with E-state index in [9.17, 15) is 24.3 Å². The van der Waals surface area contributed by atoms with Crippen molar-refractivity contribution in [2.24, 2.45) is 14.1 Å². The molecular formula is C31H56N8O5. The van der Waals surface area contributed by atoms with Crippen molar-refractivity contribution in [3.63, 3.8) is 0 Å². The maximum absolute atomic E-state index is 12.7. The lowest BCUT2D eigenvalue weighted by Gasteiger charge is -2.24. The number of aromatic amines is 1. The van der Waals surface area contributed by atoms with Gasteiger partial charge in [0.25, 0.3) is 11.1 Å². The number of rotatable bonds is 9. The van der Waals surface area contributed by atoms with E-state index in [1.807, 2.05) is 69.2 Å². The van der Waals surface area contributed by atoms with Crippen LogP contribution in [0.25, 0.3) is 22.3 Å². The van der Waals surface area contributed by atoms with Gasteiger partial charge in [-0.05, 0) is 46.0 Å². The van der Waals surface area contributed by atoms with Gasteiger partial charge in [-0.1, -0.05) is 55.4 Å². The van der Waals surface area contributed by atoms with Gasteiger partial charge in [0.1, 0.15) is 0 Å². The smallest absolute Gasteiger partial charge is 0.332 e. The first-order valence-electron chi connectivity index (χ1n) is 16.0. The first-order chi connectivity index (χ1) is 21.0. The van der Waals surface area contributed by atoms with Crippen molar-refractivity contribution in [3.8, 4) is 0 Å². The number of aryl methyl sites for hydroxylation is 4. The molecule has 0 saturated carbocycles. The largest absolute Gasteiger partial charge is 0.390 e. The zero-order valence-electron chi connectivity index (χ0n) is 29.0. The molecule has 44 heavy (non-hydrogen) atoms. The second kappa shape index (κ2) is 19.5. The molecule has 0 amide bonds. The fourth-order valence-electron chi connectivity index (χ4n) is 4.51. The Kier molecular flexibility index (Phi) is 17.9. The van der Waals surface area contributed by atoms with Crippen LogP contribution in [0.1, 0.15) is 101 Å². The molecule has 0 fully saturated rings. The first kappa shape index (κ1) is 40.3. The van der Waals surface area contributed by atoms with Crippen molar-refractivity contribution in [1.29, 1.82) is 0 Å². The van der Waals surface area contributed by atoms with Crippen molar-refractivity contribution >= 4 is 22.3 Å². The zero-order valence-corrected chi connectivity index (χ0v) is 29.0. The summed E-state index contributed by atoms with van der Waals surface area (Å²) in [6.07, 6.45) is 6.73. The molecule has 13 nitrogen and oxygen atoms in total. The Hall–Kier alpha value is -3.74. The molecule has 0 aliphatic heterocycles. The van der Waals surface area contributed by atoms with Crippen molar-refractivity contribution in [3.05, 3.63) is 54.3 Å². The maximum Gasteiger partial charge on any atom is 0.332 e. The van der Waals surface area contributed by atoms with Crippen LogP contribution in [0.2, 0.25) is 0 Å². The second-order valence-corrected chi connectivity index (χ2v) is 9.41. The van der Waals surface area contributed by atoms with E-state index in [4.69, 9.17) is 0 Å². The second-order valence-electron chi connectivity index (χ2n) is 9.41. The summed E-state index contributed by atoms with van der Waals surface area (Å²) in [5.41, 5.74) is -0.335. The third-order valence-electron chi connectivity index (χ3n) is 7.25. The van der Waals surface area contributed by atoms with E-state index < -0.39 is 11.3 Å². The Morgan fingerprint density at radius 2 is 1.23 bits per heavy atom. The van der Waals surface area contributed by atoms with Gasteiger partial charge in [0.15, 0.2) is 22.3 Å². The molecule has 4 aromatic rings. The van der Waals surface area contributed by atoms with E-state index >= 15 is 0 Å². The summed E-state index contributed by atoms with van der Waals surface area (Å²) in [5, 5.41) is 10.3. The van der Waals surface area contributed by atoms with Gasteiger partial charge >= 0.3 is 11.4 Å². The van der Waals surface area contributed by atoms with E-state index in [0.717, 1.165) is 6.42 Å². The normalized spacial score (nSPS) is 10.6. The fraction of sp³-hybridized carbons (Fsp3) is 0.677. The highest BCUT2D eigenvalue weighted by Gasteiger charge is 2.21. The Balaban J connectivity index is 0.000000783. The van der Waals surface area contributed by atoms with Gasteiger partial charge in [0.05, 0.1) is 18.3 Å². The molecule has 0 radical (unpaired) electrons. The number of unbranched alkanes of at least 4 members (excludes halogenated alkanes) is 1. The van der Waals surface area contributed by atoms with Gasteiger partial charge in [-0.3, -0.25) is 28.3 Å². The van der Waals surface area contributed by atoms with Gasteiger partial charge in [0, 0.05) is 33.7 Å². The van der Waals surface area contributed by atoms with Crippen LogP contribution in [-0.4, -0.2) is 48.5 Å². The molecule has 250 valence electrons. The molecule has 0 atom stereocenters. The number of H-pyrrole nitrogens is 1. The van der Waals surface area contributed by atoms with Crippen LogP contribution >= 0.6 is 0 Å². The number of aromatic nitrogens is 8. The molecular weight excluding hydrogens is 564 g/mol. The summed E-state index contributed by atoms with van der Waals surface area (Å²) in [4.78, 5) is 58.2. The van der Waals surface area contributed by atoms with Crippen LogP contribution in [0.4, 0.5) is 0 Å². The summed E-state index contributed by atoms with van der Waals surface area (Å²) in [7, 11) is 3.22. The third kappa shape index (κ3) is 9.13. The summed E-state index contributed by atoms with van der Waals surface area (Å²) < 4.78 is 7.50. The number of nitrogens with zero attached hydrogens (tertiary/aromatic N) is 7. The Labute approximate surface area is 260 Å². The van der Waals surface area contributed by atoms with Crippen LogP contribution in [-0.2, 0) is 33.7 Å². The standard InChI is InChI=1S/C17H28N4O3.C8H10N4O2.3C2H6/c1-5-17(24,6-2)10-8-9-11-21-15(22)13-14(19(4)16(21)23)18-12-20(13)7-3;1-3-12-4-9-6-5(12)7(13)10-8(14)11(6)2;3*1-2/h12,24H,5-11H2,1-4H3;4H,3H2,1-2H3,(H,10,13,14);3*1-2H3. The van der Waals surface area contributed by atoms with E-state index in [-0.39, 0.29) is 16.8 Å². The van der Waals surface area contributed by atoms with Crippen molar-refractivity contribution in [2.75, 3.05) is 0 Å². The van der Waals surface area contributed by atoms with E-state index in [1.165, 1.54) is 13.7 Å². The number of nitrogens with one attached hydrogen (secondary N) is 1. The van der Waals surface area contributed by atoms with Crippen LogP contribution in [0.15, 0.2) is 31.8 Å². The summed E-state index contributed by atoms with van der Waals surface area (Å²) in [5.74, 6) is 0. The van der Waals surface area contributed by atoms with Crippen LogP contribution in [0.5, 0.6) is 0 Å². The molecule has 0 aliphatic carbocycles. The molecule has 4 rings (SSSR count). The predicted molar refractivity (Wildman–Crippen MR) is 180 cm³/mol. The van der Waals surface area contributed by atoms with E-state index in [1.54, 1.807) is 35.9 Å². The van der Waals surface area contributed by atoms with Crippen molar-refractivity contribution < 1.29 is 5.11 Å². The fourth-order valence-corrected chi connectivity index (χ4v) is 4.51. The highest BCUT2D eigenvalue weighted by molar-refractivity contribution is 5.70.